The number of hydrogen-bond acceptors (Lipinski definition) is 4. The highest BCUT2D eigenvalue weighted by molar-refractivity contribution is 5.92. The number of anilines is 1. The molecule has 2 aromatic rings. The van der Waals surface area contributed by atoms with E-state index in [1.165, 1.54) is 5.56 Å². The third-order valence-corrected chi connectivity index (χ3v) is 4.56. The van der Waals surface area contributed by atoms with Crippen LogP contribution < -0.4 is 10.2 Å². The second kappa shape index (κ2) is 9.76. The summed E-state index contributed by atoms with van der Waals surface area (Å²) >= 11 is 0. The molecule has 5 heteroatoms. The van der Waals surface area contributed by atoms with Gasteiger partial charge >= 0.3 is 5.97 Å². The Balaban J connectivity index is 1.88. The molecule has 0 unspecified atom stereocenters. The number of carbonyl (C=O) groups excluding carboxylic acids is 2. The summed E-state index contributed by atoms with van der Waals surface area (Å²) in [5.74, 6) is -0.558. The van der Waals surface area contributed by atoms with E-state index in [-0.39, 0.29) is 11.8 Å². The lowest BCUT2D eigenvalue weighted by Crippen LogP contribution is -2.38. The average molecular weight is 368 g/mol. The minimum Gasteiger partial charge on any atom is -0.449 e. The second-order valence-corrected chi connectivity index (χ2v) is 6.75. The van der Waals surface area contributed by atoms with Crippen molar-refractivity contribution in [1.29, 1.82) is 0 Å². The van der Waals surface area contributed by atoms with Gasteiger partial charge < -0.3 is 15.0 Å². The van der Waals surface area contributed by atoms with Crippen LogP contribution in [-0.4, -0.2) is 38.6 Å². The molecule has 144 valence electrons. The van der Waals surface area contributed by atoms with Gasteiger partial charge in [-0.25, -0.2) is 4.79 Å². The predicted octanol–water partition coefficient (Wildman–Crippen LogP) is 3.61. The maximum Gasteiger partial charge on any atom is 0.338 e. The number of amides is 1. The van der Waals surface area contributed by atoms with Crippen LogP contribution in [0.1, 0.15) is 42.1 Å². The highest BCUT2D eigenvalue weighted by Crippen LogP contribution is 2.18. The Kier molecular flexibility index (Phi) is 7.41. The highest BCUT2D eigenvalue weighted by atomic mass is 16.5. The minimum absolute atomic E-state index is 0.233. The summed E-state index contributed by atoms with van der Waals surface area (Å²) < 4.78 is 5.31. The van der Waals surface area contributed by atoms with Gasteiger partial charge in [0.15, 0.2) is 6.10 Å². The molecule has 2 aromatic carbocycles. The SMILES string of the molecule is CC[C@@H](CNC(=O)[C@@H](C)OC(=O)c1ccc(N(C)C)cc1)c1ccccc1. The zero-order valence-corrected chi connectivity index (χ0v) is 16.4. The molecule has 1 N–H and O–H groups in total. The number of hydrogen-bond donors (Lipinski definition) is 1. The molecule has 2 rings (SSSR count). The number of ether oxygens (including phenoxy) is 1. The molecule has 0 saturated carbocycles. The molecule has 5 nitrogen and oxygen atoms in total. The fourth-order valence-electron chi connectivity index (χ4n) is 2.77. The van der Waals surface area contributed by atoms with Gasteiger partial charge in [0.05, 0.1) is 5.56 Å². The van der Waals surface area contributed by atoms with Crippen LogP contribution in [-0.2, 0) is 9.53 Å². The Hall–Kier alpha value is -2.82. The summed E-state index contributed by atoms with van der Waals surface area (Å²) in [5, 5.41) is 2.89. The molecule has 27 heavy (non-hydrogen) atoms. The van der Waals surface area contributed by atoms with Crippen molar-refractivity contribution in [1.82, 2.24) is 5.32 Å². The monoisotopic (exact) mass is 368 g/mol. The third-order valence-electron chi connectivity index (χ3n) is 4.56. The van der Waals surface area contributed by atoms with Crippen LogP contribution >= 0.6 is 0 Å². The van der Waals surface area contributed by atoms with Crippen molar-refractivity contribution in [3.05, 3.63) is 65.7 Å². The molecular weight excluding hydrogens is 340 g/mol. The van der Waals surface area contributed by atoms with Gasteiger partial charge in [0.1, 0.15) is 0 Å². The second-order valence-electron chi connectivity index (χ2n) is 6.75. The van der Waals surface area contributed by atoms with Gasteiger partial charge in [-0.1, -0.05) is 37.3 Å². The van der Waals surface area contributed by atoms with E-state index in [0.29, 0.717) is 12.1 Å². The first-order valence-corrected chi connectivity index (χ1v) is 9.23. The van der Waals surface area contributed by atoms with E-state index in [0.717, 1.165) is 12.1 Å². The molecule has 0 spiro atoms. The van der Waals surface area contributed by atoms with E-state index in [9.17, 15) is 9.59 Å². The van der Waals surface area contributed by atoms with Gasteiger partial charge in [0.25, 0.3) is 5.91 Å². The van der Waals surface area contributed by atoms with Crippen LogP contribution in [0.2, 0.25) is 0 Å². The van der Waals surface area contributed by atoms with Crippen LogP contribution in [0.3, 0.4) is 0 Å². The largest absolute Gasteiger partial charge is 0.449 e. The fraction of sp³-hybridized carbons (Fsp3) is 0.364. The molecule has 0 aliphatic carbocycles. The van der Waals surface area contributed by atoms with E-state index >= 15 is 0 Å². The van der Waals surface area contributed by atoms with E-state index < -0.39 is 12.1 Å². The Bertz CT molecular complexity index is 742. The Morgan fingerprint density at radius 2 is 1.67 bits per heavy atom. The highest BCUT2D eigenvalue weighted by Gasteiger charge is 2.20. The van der Waals surface area contributed by atoms with Gasteiger partial charge in [-0.05, 0) is 43.2 Å². The minimum atomic E-state index is -0.848. The molecule has 0 heterocycles. The van der Waals surface area contributed by atoms with Gasteiger partial charge in [-0.2, -0.15) is 0 Å². The van der Waals surface area contributed by atoms with Crippen molar-refractivity contribution in [2.24, 2.45) is 0 Å². The maximum atomic E-state index is 12.3. The third kappa shape index (κ3) is 5.84. The van der Waals surface area contributed by atoms with Gasteiger partial charge in [-0.3, -0.25) is 4.79 Å². The number of nitrogens with zero attached hydrogens (tertiary/aromatic N) is 1. The van der Waals surface area contributed by atoms with E-state index in [1.54, 1.807) is 19.1 Å². The molecule has 0 aliphatic heterocycles. The fourth-order valence-corrected chi connectivity index (χ4v) is 2.77. The molecule has 0 radical (unpaired) electrons. The van der Waals surface area contributed by atoms with Gasteiger partial charge in [0.2, 0.25) is 0 Å². The summed E-state index contributed by atoms with van der Waals surface area (Å²) in [6.45, 7) is 4.19. The van der Waals surface area contributed by atoms with Gasteiger partial charge in [0, 0.05) is 32.2 Å². The van der Waals surface area contributed by atoms with Crippen LogP contribution in [0, 0.1) is 0 Å². The topological polar surface area (TPSA) is 58.6 Å². The van der Waals surface area contributed by atoms with Crippen LogP contribution in [0.25, 0.3) is 0 Å². The van der Waals surface area contributed by atoms with Gasteiger partial charge in [-0.15, -0.1) is 0 Å². The van der Waals surface area contributed by atoms with E-state index in [1.807, 2.05) is 49.3 Å². The Morgan fingerprint density at radius 3 is 2.22 bits per heavy atom. The molecule has 2 atom stereocenters. The first-order chi connectivity index (χ1) is 12.9. The van der Waals surface area contributed by atoms with Crippen LogP contribution in [0.4, 0.5) is 5.69 Å². The first kappa shape index (κ1) is 20.5. The molecule has 0 bridgehead atoms. The summed E-state index contributed by atoms with van der Waals surface area (Å²) in [6.07, 6.45) is 0.0655. The standard InChI is InChI=1S/C22H28N2O3/c1-5-17(18-9-7-6-8-10-18)15-23-21(25)16(2)27-22(26)19-11-13-20(14-12-19)24(3)4/h6-14,16-17H,5,15H2,1-4H3,(H,23,25)/t16-,17+/m1/s1. The molecule has 0 fully saturated rings. The molecule has 0 aromatic heterocycles. The molecule has 0 saturated heterocycles. The summed E-state index contributed by atoms with van der Waals surface area (Å²) in [7, 11) is 3.86. The maximum absolute atomic E-state index is 12.3. The summed E-state index contributed by atoms with van der Waals surface area (Å²) in [5.41, 5.74) is 2.60. The number of esters is 1. The quantitative estimate of drug-likeness (QED) is 0.723. The Morgan fingerprint density at radius 1 is 1.04 bits per heavy atom. The smallest absolute Gasteiger partial charge is 0.338 e. The summed E-state index contributed by atoms with van der Waals surface area (Å²) in [4.78, 5) is 26.5. The normalized spacial score (nSPS) is 12.7. The van der Waals surface area contributed by atoms with Crippen LogP contribution in [0.15, 0.2) is 54.6 Å². The van der Waals surface area contributed by atoms with Crippen molar-refractivity contribution in [3.8, 4) is 0 Å². The zero-order valence-electron chi connectivity index (χ0n) is 16.4. The molecule has 1 amide bonds. The summed E-state index contributed by atoms with van der Waals surface area (Å²) in [6, 6.07) is 17.1. The number of nitrogens with one attached hydrogen (secondary N) is 1. The number of carbonyl (C=O) groups is 2. The lowest BCUT2D eigenvalue weighted by Gasteiger charge is -2.19. The lowest BCUT2D eigenvalue weighted by atomic mass is 9.96. The number of benzene rings is 2. The molecular formula is C22H28N2O3. The van der Waals surface area contributed by atoms with Crippen molar-refractivity contribution in [3.63, 3.8) is 0 Å². The average Bonchev–Trinajstić information content (AvgIpc) is 2.69. The van der Waals surface area contributed by atoms with Crippen molar-refractivity contribution in [2.75, 3.05) is 25.5 Å². The van der Waals surface area contributed by atoms with Crippen LogP contribution in [0.5, 0.6) is 0 Å². The van der Waals surface area contributed by atoms with Crippen molar-refractivity contribution in [2.45, 2.75) is 32.3 Å². The van der Waals surface area contributed by atoms with Crippen molar-refractivity contribution < 1.29 is 14.3 Å². The zero-order chi connectivity index (χ0) is 19.8. The lowest BCUT2D eigenvalue weighted by molar-refractivity contribution is -0.129. The first-order valence-electron chi connectivity index (χ1n) is 9.23. The van der Waals surface area contributed by atoms with Crippen molar-refractivity contribution >= 4 is 17.6 Å². The number of rotatable bonds is 8. The molecule has 0 aliphatic rings. The van der Waals surface area contributed by atoms with E-state index in [2.05, 4.69) is 24.4 Å². The van der Waals surface area contributed by atoms with E-state index in [4.69, 9.17) is 4.74 Å². The Labute approximate surface area is 161 Å². The predicted molar refractivity (Wildman–Crippen MR) is 108 cm³/mol.